The van der Waals surface area contributed by atoms with Crippen molar-refractivity contribution in [3.63, 3.8) is 0 Å². The van der Waals surface area contributed by atoms with Gasteiger partial charge in [0.2, 0.25) is 0 Å². The zero-order chi connectivity index (χ0) is 20.1. The van der Waals surface area contributed by atoms with Gasteiger partial charge >= 0.3 is 5.97 Å². The summed E-state index contributed by atoms with van der Waals surface area (Å²) in [6.45, 7) is 3.68. The number of Topliss-reactive ketones (excluding diaryl/α,β-unsaturated/α-hetero) is 1. The van der Waals surface area contributed by atoms with E-state index in [0.29, 0.717) is 31.7 Å². The van der Waals surface area contributed by atoms with E-state index in [2.05, 4.69) is 33.0 Å². The minimum atomic E-state index is -1.21. The maximum absolute atomic E-state index is 13.0. The van der Waals surface area contributed by atoms with Crippen LogP contribution >= 0.6 is 15.9 Å². The van der Waals surface area contributed by atoms with Gasteiger partial charge in [0.1, 0.15) is 5.41 Å². The van der Waals surface area contributed by atoms with Crippen LogP contribution in [-0.4, -0.2) is 36.3 Å². The van der Waals surface area contributed by atoms with Crippen molar-refractivity contribution in [3.8, 4) is 0 Å². The molecule has 3 rings (SSSR count). The van der Waals surface area contributed by atoms with Crippen LogP contribution in [0.5, 0.6) is 0 Å². The molecule has 1 heterocycles. The summed E-state index contributed by atoms with van der Waals surface area (Å²) in [5.74, 6) is -0.500. The first-order valence-corrected chi connectivity index (χ1v) is 10.2. The van der Waals surface area contributed by atoms with Crippen molar-refractivity contribution < 1.29 is 14.3 Å². The molecule has 1 aliphatic heterocycles. The number of rotatable bonds is 6. The first-order valence-electron chi connectivity index (χ1n) is 9.45. The molecule has 2 aromatic carbocycles. The molecule has 5 nitrogen and oxygen atoms in total. The first-order chi connectivity index (χ1) is 13.4. The smallest absolute Gasteiger partial charge is 0.321 e. The molecule has 0 spiro atoms. The number of anilines is 1. The number of carbonyl (C=O) groups excluding carboxylic acids is 2. The van der Waals surface area contributed by atoms with E-state index in [4.69, 9.17) is 10.5 Å². The van der Waals surface area contributed by atoms with Gasteiger partial charge in [0.25, 0.3) is 0 Å². The van der Waals surface area contributed by atoms with E-state index in [1.165, 1.54) is 0 Å². The molecule has 0 radical (unpaired) electrons. The summed E-state index contributed by atoms with van der Waals surface area (Å²) in [6, 6.07) is 15.5. The van der Waals surface area contributed by atoms with E-state index in [-0.39, 0.29) is 18.8 Å². The molecular formula is C22H25BrN2O3. The molecule has 2 N–H and O–H groups in total. The summed E-state index contributed by atoms with van der Waals surface area (Å²) in [7, 11) is 0. The number of likely N-dealkylation sites (tertiary alicyclic amines) is 1. The standard InChI is InChI=1S/C22H25BrN2O3/c1-2-28-21(27)22(13-17-8-9-18(24)12-19(17)23)15-25(11-10-20(22)26)14-16-6-4-3-5-7-16/h3-9,12H,2,10-11,13-15,24H2,1H3. The number of nitrogens with zero attached hydrogens (tertiary/aromatic N) is 1. The Labute approximate surface area is 174 Å². The van der Waals surface area contributed by atoms with Crippen molar-refractivity contribution in [2.24, 2.45) is 5.41 Å². The number of hydrogen-bond donors (Lipinski definition) is 1. The molecule has 0 bridgehead atoms. The summed E-state index contributed by atoms with van der Waals surface area (Å²) < 4.78 is 6.16. The molecule has 0 amide bonds. The molecule has 6 heteroatoms. The maximum Gasteiger partial charge on any atom is 0.321 e. The Morgan fingerprint density at radius 3 is 2.68 bits per heavy atom. The van der Waals surface area contributed by atoms with Crippen LogP contribution in [0.15, 0.2) is 53.0 Å². The number of ether oxygens (including phenoxy) is 1. The number of nitrogens with two attached hydrogens (primary N) is 1. The van der Waals surface area contributed by atoms with Gasteiger partial charge in [-0.05, 0) is 36.6 Å². The first kappa shape index (κ1) is 20.6. The predicted molar refractivity (Wildman–Crippen MR) is 113 cm³/mol. The van der Waals surface area contributed by atoms with Crippen LogP contribution < -0.4 is 5.73 Å². The van der Waals surface area contributed by atoms with Crippen molar-refractivity contribution >= 4 is 33.4 Å². The summed E-state index contributed by atoms with van der Waals surface area (Å²) in [4.78, 5) is 28.2. The molecule has 1 saturated heterocycles. The minimum Gasteiger partial charge on any atom is -0.465 e. The number of benzene rings is 2. The Balaban J connectivity index is 1.91. The molecule has 1 unspecified atom stereocenters. The van der Waals surface area contributed by atoms with Gasteiger partial charge in [0, 0.05) is 36.2 Å². The van der Waals surface area contributed by atoms with Gasteiger partial charge in [-0.2, -0.15) is 0 Å². The zero-order valence-electron chi connectivity index (χ0n) is 16.0. The molecule has 2 aromatic rings. The molecule has 0 aliphatic carbocycles. The average molecular weight is 445 g/mol. The van der Waals surface area contributed by atoms with Crippen molar-refractivity contribution in [3.05, 3.63) is 64.1 Å². The maximum atomic E-state index is 13.0. The number of piperidine rings is 1. The van der Waals surface area contributed by atoms with Crippen molar-refractivity contribution in [2.45, 2.75) is 26.3 Å². The van der Waals surface area contributed by atoms with Crippen LogP contribution in [0.3, 0.4) is 0 Å². The SMILES string of the molecule is CCOC(=O)C1(Cc2ccc(N)cc2Br)CN(Cc2ccccc2)CCC1=O. The normalized spacial score (nSPS) is 20.1. The van der Waals surface area contributed by atoms with Gasteiger partial charge in [-0.25, -0.2) is 0 Å². The second-order valence-corrected chi connectivity index (χ2v) is 8.05. The fraction of sp³-hybridized carbons (Fsp3) is 0.364. The van der Waals surface area contributed by atoms with Crippen LogP contribution in [0.1, 0.15) is 24.5 Å². The Kier molecular flexibility index (Phi) is 6.52. The highest BCUT2D eigenvalue weighted by Gasteiger charge is 2.50. The fourth-order valence-corrected chi connectivity index (χ4v) is 4.27. The van der Waals surface area contributed by atoms with Gasteiger partial charge in [-0.15, -0.1) is 0 Å². The molecule has 1 fully saturated rings. The second-order valence-electron chi connectivity index (χ2n) is 7.20. The molecular weight excluding hydrogens is 420 g/mol. The largest absolute Gasteiger partial charge is 0.465 e. The summed E-state index contributed by atoms with van der Waals surface area (Å²) >= 11 is 3.52. The lowest BCUT2D eigenvalue weighted by Gasteiger charge is -2.40. The van der Waals surface area contributed by atoms with Crippen LogP contribution in [-0.2, 0) is 27.3 Å². The summed E-state index contributed by atoms with van der Waals surface area (Å²) in [6.07, 6.45) is 0.620. The van der Waals surface area contributed by atoms with E-state index >= 15 is 0 Å². The number of halogens is 1. The molecule has 28 heavy (non-hydrogen) atoms. The average Bonchev–Trinajstić information content (AvgIpc) is 2.67. The molecule has 0 saturated carbocycles. The van der Waals surface area contributed by atoms with Crippen LogP contribution in [0, 0.1) is 5.41 Å². The van der Waals surface area contributed by atoms with Crippen molar-refractivity contribution in [1.29, 1.82) is 0 Å². The number of hydrogen-bond acceptors (Lipinski definition) is 5. The van der Waals surface area contributed by atoms with Crippen molar-refractivity contribution in [1.82, 2.24) is 4.90 Å². The third-order valence-corrected chi connectivity index (χ3v) is 5.91. The van der Waals surface area contributed by atoms with E-state index in [1.54, 1.807) is 19.1 Å². The third-order valence-electron chi connectivity index (χ3n) is 5.17. The lowest BCUT2D eigenvalue weighted by atomic mass is 9.73. The van der Waals surface area contributed by atoms with Gasteiger partial charge in [0.05, 0.1) is 6.61 Å². The number of carbonyl (C=O) groups is 2. The van der Waals surface area contributed by atoms with Gasteiger partial charge in [-0.3, -0.25) is 14.5 Å². The Bertz CT molecular complexity index is 856. The minimum absolute atomic E-state index is 0.0565. The van der Waals surface area contributed by atoms with Crippen LogP contribution in [0.25, 0.3) is 0 Å². The summed E-state index contributed by atoms with van der Waals surface area (Å²) in [5, 5.41) is 0. The topological polar surface area (TPSA) is 72.6 Å². The number of ketones is 1. The highest BCUT2D eigenvalue weighted by molar-refractivity contribution is 9.10. The van der Waals surface area contributed by atoms with Gasteiger partial charge in [0.15, 0.2) is 5.78 Å². The lowest BCUT2D eigenvalue weighted by Crippen LogP contribution is -2.55. The van der Waals surface area contributed by atoms with E-state index < -0.39 is 11.4 Å². The van der Waals surface area contributed by atoms with E-state index in [1.807, 2.05) is 24.3 Å². The number of nitrogen functional groups attached to an aromatic ring is 1. The highest BCUT2D eigenvalue weighted by atomic mass is 79.9. The number of esters is 1. The summed E-state index contributed by atoms with van der Waals surface area (Å²) in [5.41, 5.74) is 7.29. The molecule has 0 aromatic heterocycles. The highest BCUT2D eigenvalue weighted by Crippen LogP contribution is 2.35. The Morgan fingerprint density at radius 2 is 2.00 bits per heavy atom. The van der Waals surface area contributed by atoms with E-state index in [9.17, 15) is 9.59 Å². The third kappa shape index (κ3) is 4.45. The molecule has 148 valence electrons. The fourth-order valence-electron chi connectivity index (χ4n) is 3.73. The van der Waals surface area contributed by atoms with Crippen LogP contribution in [0.2, 0.25) is 0 Å². The van der Waals surface area contributed by atoms with Gasteiger partial charge < -0.3 is 10.5 Å². The van der Waals surface area contributed by atoms with Crippen LogP contribution in [0.4, 0.5) is 5.69 Å². The molecule has 1 aliphatic rings. The monoisotopic (exact) mass is 444 g/mol. The van der Waals surface area contributed by atoms with Crippen molar-refractivity contribution in [2.75, 3.05) is 25.4 Å². The molecule has 1 atom stereocenters. The Hall–Kier alpha value is -2.18. The second kappa shape index (κ2) is 8.88. The van der Waals surface area contributed by atoms with E-state index in [0.717, 1.165) is 15.6 Å². The zero-order valence-corrected chi connectivity index (χ0v) is 17.6. The Morgan fingerprint density at radius 1 is 1.25 bits per heavy atom. The predicted octanol–water partition coefficient (Wildman–Crippen LogP) is 3.60. The lowest BCUT2D eigenvalue weighted by molar-refractivity contribution is -0.164. The van der Waals surface area contributed by atoms with Gasteiger partial charge in [-0.1, -0.05) is 52.3 Å². The quantitative estimate of drug-likeness (QED) is 0.418.